The molecular weight excluding hydrogens is 398 g/mol. The minimum absolute atomic E-state index is 0.168. The normalized spacial score (nSPS) is 11.9. The third kappa shape index (κ3) is 4.36. The Morgan fingerprint density at radius 3 is 2.33 bits per heavy atom. The molecule has 6 nitrogen and oxygen atoms in total. The fourth-order valence-electron chi connectivity index (χ4n) is 3.17. The van der Waals surface area contributed by atoms with E-state index < -0.39 is 10.0 Å². The molecule has 4 rings (SSSR count). The van der Waals surface area contributed by atoms with Crippen LogP contribution in [0.4, 0.5) is 5.69 Å². The third-order valence-electron chi connectivity index (χ3n) is 4.77. The zero-order valence-electron chi connectivity index (χ0n) is 16.4. The zero-order chi connectivity index (χ0) is 21.1. The Hall–Kier alpha value is -3.58. The van der Waals surface area contributed by atoms with Crippen LogP contribution in [-0.2, 0) is 16.6 Å². The monoisotopic (exact) mass is 419 g/mol. The second-order valence-corrected chi connectivity index (χ2v) is 8.80. The first-order chi connectivity index (χ1) is 14.4. The SMILES string of the molecule is Cc1ccc(C=CS(=O)(=O)N(Cc2ccccc2)c2ccc3[nH]c(=O)[nH]c3c2)cc1. The van der Waals surface area contributed by atoms with Crippen LogP contribution < -0.4 is 9.99 Å². The number of rotatable bonds is 6. The van der Waals surface area contributed by atoms with Crippen LogP contribution in [0.25, 0.3) is 17.1 Å². The number of nitrogens with zero attached hydrogens (tertiary/aromatic N) is 1. The van der Waals surface area contributed by atoms with Gasteiger partial charge in [-0.25, -0.2) is 13.2 Å². The fourth-order valence-corrected chi connectivity index (χ4v) is 4.38. The molecule has 0 atom stereocenters. The Morgan fingerprint density at radius 1 is 0.900 bits per heavy atom. The predicted molar refractivity (Wildman–Crippen MR) is 121 cm³/mol. The second kappa shape index (κ2) is 8.04. The third-order valence-corrected chi connectivity index (χ3v) is 6.21. The molecule has 0 spiro atoms. The van der Waals surface area contributed by atoms with Gasteiger partial charge in [0.1, 0.15) is 0 Å². The minimum atomic E-state index is -3.79. The van der Waals surface area contributed by atoms with E-state index in [9.17, 15) is 13.2 Å². The van der Waals surface area contributed by atoms with Gasteiger partial charge in [0, 0.05) is 0 Å². The molecule has 1 aromatic heterocycles. The summed E-state index contributed by atoms with van der Waals surface area (Å²) in [4.78, 5) is 16.9. The average molecular weight is 420 g/mol. The second-order valence-electron chi connectivity index (χ2n) is 7.06. The summed E-state index contributed by atoms with van der Waals surface area (Å²) in [6.07, 6.45) is 1.59. The van der Waals surface area contributed by atoms with Crippen LogP contribution >= 0.6 is 0 Å². The standard InChI is InChI=1S/C23H21N3O3S/c1-17-7-9-18(10-8-17)13-14-30(28,29)26(16-19-5-3-2-4-6-19)20-11-12-21-22(15-20)25-23(27)24-21/h2-15H,16H2,1H3,(H2,24,25,27). The molecule has 0 aliphatic carbocycles. The molecule has 7 heteroatoms. The summed E-state index contributed by atoms with van der Waals surface area (Å²) in [5.41, 5.74) is 4.06. The van der Waals surface area contributed by atoms with Gasteiger partial charge in [-0.1, -0.05) is 60.2 Å². The molecule has 0 saturated heterocycles. The Labute approximate surface area is 174 Å². The number of imidazole rings is 1. The number of aromatic amines is 2. The van der Waals surface area contributed by atoms with Gasteiger partial charge in [-0.3, -0.25) is 4.31 Å². The molecule has 0 aliphatic heterocycles. The van der Waals surface area contributed by atoms with Gasteiger partial charge in [-0.2, -0.15) is 0 Å². The molecule has 152 valence electrons. The topological polar surface area (TPSA) is 86.0 Å². The highest BCUT2D eigenvalue weighted by Gasteiger charge is 2.21. The Balaban J connectivity index is 1.74. The maximum absolute atomic E-state index is 13.3. The van der Waals surface area contributed by atoms with E-state index in [0.29, 0.717) is 16.7 Å². The van der Waals surface area contributed by atoms with Crippen molar-refractivity contribution in [3.05, 3.63) is 105 Å². The van der Waals surface area contributed by atoms with Crippen LogP contribution in [0.1, 0.15) is 16.7 Å². The van der Waals surface area contributed by atoms with Crippen LogP contribution in [-0.4, -0.2) is 18.4 Å². The lowest BCUT2D eigenvalue weighted by atomic mass is 10.2. The molecule has 4 aromatic rings. The van der Waals surface area contributed by atoms with Gasteiger partial charge in [0.05, 0.1) is 28.7 Å². The average Bonchev–Trinajstić information content (AvgIpc) is 3.11. The van der Waals surface area contributed by atoms with Crippen LogP contribution in [0.3, 0.4) is 0 Å². The number of sulfonamides is 1. The van der Waals surface area contributed by atoms with Crippen molar-refractivity contribution in [3.8, 4) is 0 Å². The van der Waals surface area contributed by atoms with Crippen LogP contribution in [0.15, 0.2) is 83.0 Å². The number of fused-ring (bicyclic) bond motifs is 1. The van der Waals surface area contributed by atoms with Crippen molar-refractivity contribution in [2.75, 3.05) is 4.31 Å². The highest BCUT2D eigenvalue weighted by Crippen LogP contribution is 2.25. The number of aromatic nitrogens is 2. The van der Waals surface area contributed by atoms with Crippen molar-refractivity contribution in [2.24, 2.45) is 0 Å². The molecule has 1 heterocycles. The highest BCUT2D eigenvalue weighted by atomic mass is 32.2. The molecule has 2 N–H and O–H groups in total. The number of anilines is 1. The van der Waals surface area contributed by atoms with Crippen molar-refractivity contribution in [3.63, 3.8) is 0 Å². The lowest BCUT2D eigenvalue weighted by Gasteiger charge is -2.23. The maximum atomic E-state index is 13.3. The summed E-state index contributed by atoms with van der Waals surface area (Å²) in [6, 6.07) is 22.0. The van der Waals surface area contributed by atoms with E-state index in [1.54, 1.807) is 24.3 Å². The number of benzene rings is 3. The summed E-state index contributed by atoms with van der Waals surface area (Å²) in [5.74, 6) is 0. The van der Waals surface area contributed by atoms with Gasteiger partial charge in [-0.15, -0.1) is 0 Å². The Kier molecular flexibility index (Phi) is 5.29. The van der Waals surface area contributed by atoms with Crippen LogP contribution in [0.5, 0.6) is 0 Å². The molecule has 3 aromatic carbocycles. The number of nitrogens with one attached hydrogen (secondary N) is 2. The van der Waals surface area contributed by atoms with Gasteiger partial charge < -0.3 is 9.97 Å². The largest absolute Gasteiger partial charge is 0.323 e. The molecule has 0 bridgehead atoms. The molecule has 0 unspecified atom stereocenters. The molecule has 0 amide bonds. The summed E-state index contributed by atoms with van der Waals surface area (Å²) in [6.45, 7) is 2.15. The predicted octanol–water partition coefficient (Wildman–Crippen LogP) is 4.17. The summed E-state index contributed by atoms with van der Waals surface area (Å²) in [5, 5.41) is 1.21. The zero-order valence-corrected chi connectivity index (χ0v) is 17.2. The van der Waals surface area contributed by atoms with E-state index in [0.717, 1.165) is 16.7 Å². The van der Waals surface area contributed by atoms with Gasteiger partial charge >= 0.3 is 5.69 Å². The van der Waals surface area contributed by atoms with Crippen molar-refractivity contribution < 1.29 is 8.42 Å². The first-order valence-corrected chi connectivity index (χ1v) is 10.9. The van der Waals surface area contributed by atoms with E-state index in [2.05, 4.69) is 9.97 Å². The minimum Gasteiger partial charge on any atom is -0.306 e. The van der Waals surface area contributed by atoms with Crippen molar-refractivity contribution >= 4 is 32.8 Å². The van der Waals surface area contributed by atoms with Crippen molar-refractivity contribution in [1.29, 1.82) is 0 Å². The van der Waals surface area contributed by atoms with E-state index in [1.807, 2.05) is 61.5 Å². The number of aryl methyl sites for hydroxylation is 1. The number of hydrogen-bond acceptors (Lipinski definition) is 3. The van der Waals surface area contributed by atoms with Crippen LogP contribution in [0.2, 0.25) is 0 Å². The molecule has 0 aliphatic rings. The first kappa shape index (κ1) is 19.7. The fraction of sp³-hybridized carbons (Fsp3) is 0.0870. The smallest absolute Gasteiger partial charge is 0.306 e. The lowest BCUT2D eigenvalue weighted by Crippen LogP contribution is -2.28. The molecule has 0 radical (unpaired) electrons. The molecule has 0 saturated carbocycles. The molecule has 0 fully saturated rings. The highest BCUT2D eigenvalue weighted by molar-refractivity contribution is 7.95. The maximum Gasteiger partial charge on any atom is 0.323 e. The van der Waals surface area contributed by atoms with E-state index in [1.165, 1.54) is 9.71 Å². The van der Waals surface area contributed by atoms with E-state index in [4.69, 9.17) is 0 Å². The van der Waals surface area contributed by atoms with Gasteiger partial charge in [0.2, 0.25) is 0 Å². The van der Waals surface area contributed by atoms with Crippen LogP contribution in [0, 0.1) is 6.92 Å². The lowest BCUT2D eigenvalue weighted by molar-refractivity contribution is 0.599. The Bertz CT molecular complexity index is 1350. The summed E-state index contributed by atoms with van der Waals surface area (Å²) < 4.78 is 27.9. The quantitative estimate of drug-likeness (QED) is 0.492. The summed E-state index contributed by atoms with van der Waals surface area (Å²) >= 11 is 0. The van der Waals surface area contributed by atoms with E-state index >= 15 is 0 Å². The number of H-pyrrole nitrogens is 2. The van der Waals surface area contributed by atoms with Gasteiger partial charge in [-0.05, 0) is 42.3 Å². The van der Waals surface area contributed by atoms with Gasteiger partial charge in [0.15, 0.2) is 0 Å². The van der Waals surface area contributed by atoms with Gasteiger partial charge in [0.25, 0.3) is 10.0 Å². The van der Waals surface area contributed by atoms with E-state index in [-0.39, 0.29) is 12.2 Å². The number of hydrogen-bond donors (Lipinski definition) is 2. The van der Waals surface area contributed by atoms with Crippen molar-refractivity contribution in [1.82, 2.24) is 9.97 Å². The summed E-state index contributed by atoms with van der Waals surface area (Å²) in [7, 11) is -3.79. The Morgan fingerprint density at radius 2 is 1.60 bits per heavy atom. The first-order valence-electron chi connectivity index (χ1n) is 9.44. The molecule has 30 heavy (non-hydrogen) atoms. The van der Waals surface area contributed by atoms with Crippen molar-refractivity contribution in [2.45, 2.75) is 13.5 Å². The molecular formula is C23H21N3O3S.